The van der Waals surface area contributed by atoms with Gasteiger partial charge in [-0.2, -0.15) is 0 Å². The first-order chi connectivity index (χ1) is 14.8. The minimum absolute atomic E-state index is 0.112. The summed E-state index contributed by atoms with van der Waals surface area (Å²) >= 11 is 0. The number of carbonyl (C=O) groups excluding carboxylic acids is 1. The molecule has 4 heteroatoms. The van der Waals surface area contributed by atoms with Crippen LogP contribution in [0.3, 0.4) is 0 Å². The lowest BCUT2D eigenvalue weighted by molar-refractivity contribution is -0.122. The highest BCUT2D eigenvalue weighted by Crippen LogP contribution is 2.32. The Morgan fingerprint density at radius 3 is 2.27 bits per heavy atom. The Morgan fingerprint density at radius 2 is 1.53 bits per heavy atom. The number of nitrogens with zero attached hydrogens (tertiary/aromatic N) is 2. The molecule has 0 spiro atoms. The lowest BCUT2D eigenvalue weighted by Gasteiger charge is -2.41. The molecule has 4 nitrogen and oxygen atoms in total. The number of hydrogen-bond acceptors (Lipinski definition) is 3. The minimum atomic E-state index is 0.112. The predicted molar refractivity (Wildman–Crippen MR) is 121 cm³/mol. The molecule has 3 aromatic rings. The Balaban J connectivity index is 1.64. The molecule has 1 aliphatic heterocycles. The Bertz CT molecular complexity index is 959. The van der Waals surface area contributed by atoms with Crippen LogP contribution in [0.25, 0.3) is 11.1 Å². The summed E-state index contributed by atoms with van der Waals surface area (Å²) in [6.07, 6.45) is 1.56. The van der Waals surface area contributed by atoms with E-state index >= 15 is 0 Å². The number of anilines is 1. The number of para-hydroxylation sites is 1. The van der Waals surface area contributed by atoms with Gasteiger partial charge in [0.25, 0.3) is 0 Å². The Hall–Kier alpha value is -2.95. The Kier molecular flexibility index (Phi) is 6.57. The molecule has 1 saturated heterocycles. The normalized spacial score (nSPS) is 17.3. The van der Waals surface area contributed by atoms with E-state index in [2.05, 4.69) is 47.4 Å². The predicted octanol–water partition coefficient (Wildman–Crippen LogP) is 4.00. The molecule has 0 radical (unpaired) electrons. The van der Waals surface area contributed by atoms with Crippen LogP contribution in [0.5, 0.6) is 0 Å². The second-order valence-electron chi connectivity index (χ2n) is 7.78. The van der Waals surface area contributed by atoms with E-state index in [-0.39, 0.29) is 18.6 Å². The fourth-order valence-corrected chi connectivity index (χ4v) is 4.24. The standard InChI is InChI=1S/C26H28N2O2/c29-17-9-16-27-20-26(30)28(19-23(27)18-21-10-3-1-4-11-21)25-15-8-7-14-24(25)22-12-5-2-6-13-22/h1-8,10-15,23,29H,9,16-20H2/t23-/m0/s1. The number of hydrogen-bond donors (Lipinski definition) is 1. The molecule has 0 aromatic heterocycles. The highest BCUT2D eigenvalue weighted by molar-refractivity contribution is 5.99. The first-order valence-electron chi connectivity index (χ1n) is 10.6. The van der Waals surface area contributed by atoms with E-state index in [9.17, 15) is 9.90 Å². The average Bonchev–Trinajstić information content (AvgIpc) is 2.80. The van der Waals surface area contributed by atoms with Crippen LogP contribution in [0.15, 0.2) is 84.9 Å². The molecular weight excluding hydrogens is 372 g/mol. The Morgan fingerprint density at radius 1 is 0.867 bits per heavy atom. The van der Waals surface area contributed by atoms with Crippen molar-refractivity contribution in [3.05, 3.63) is 90.5 Å². The van der Waals surface area contributed by atoms with Crippen molar-refractivity contribution >= 4 is 11.6 Å². The third-order valence-electron chi connectivity index (χ3n) is 5.75. The summed E-state index contributed by atoms with van der Waals surface area (Å²) in [5, 5.41) is 9.31. The fourth-order valence-electron chi connectivity index (χ4n) is 4.24. The number of aliphatic hydroxyl groups excluding tert-OH is 1. The van der Waals surface area contributed by atoms with Crippen molar-refractivity contribution in [1.82, 2.24) is 4.90 Å². The van der Waals surface area contributed by atoms with Gasteiger partial charge < -0.3 is 10.0 Å². The molecular formula is C26H28N2O2. The van der Waals surface area contributed by atoms with Gasteiger partial charge in [0.05, 0.1) is 12.2 Å². The zero-order chi connectivity index (χ0) is 20.8. The maximum absolute atomic E-state index is 13.2. The van der Waals surface area contributed by atoms with Gasteiger partial charge in [0.15, 0.2) is 0 Å². The van der Waals surface area contributed by atoms with Gasteiger partial charge in [0, 0.05) is 31.3 Å². The van der Waals surface area contributed by atoms with Crippen LogP contribution in [-0.2, 0) is 11.2 Å². The van der Waals surface area contributed by atoms with Crippen LogP contribution in [0.2, 0.25) is 0 Å². The van der Waals surface area contributed by atoms with Crippen LogP contribution in [0.4, 0.5) is 5.69 Å². The molecule has 3 aromatic carbocycles. The van der Waals surface area contributed by atoms with Crippen molar-refractivity contribution in [2.45, 2.75) is 18.9 Å². The van der Waals surface area contributed by atoms with Crippen LogP contribution in [0.1, 0.15) is 12.0 Å². The second kappa shape index (κ2) is 9.70. The lowest BCUT2D eigenvalue weighted by atomic mass is 9.98. The third-order valence-corrected chi connectivity index (χ3v) is 5.75. The summed E-state index contributed by atoms with van der Waals surface area (Å²) in [6.45, 7) is 1.89. The van der Waals surface area contributed by atoms with Crippen molar-refractivity contribution in [3.8, 4) is 11.1 Å². The van der Waals surface area contributed by atoms with Crippen LogP contribution >= 0.6 is 0 Å². The molecule has 0 saturated carbocycles. The maximum atomic E-state index is 13.2. The molecule has 0 aliphatic carbocycles. The second-order valence-corrected chi connectivity index (χ2v) is 7.78. The lowest BCUT2D eigenvalue weighted by Crippen LogP contribution is -2.57. The molecule has 1 heterocycles. The minimum Gasteiger partial charge on any atom is -0.396 e. The van der Waals surface area contributed by atoms with E-state index in [1.54, 1.807) is 0 Å². The average molecular weight is 401 g/mol. The van der Waals surface area contributed by atoms with Gasteiger partial charge in [-0.15, -0.1) is 0 Å². The fraction of sp³-hybridized carbons (Fsp3) is 0.269. The smallest absolute Gasteiger partial charge is 0.241 e. The SMILES string of the molecule is O=C1CN(CCCO)[C@@H](Cc2ccccc2)CN1c1ccccc1-c1ccccc1. The van der Waals surface area contributed by atoms with Crippen LogP contribution in [0, 0.1) is 0 Å². The molecule has 1 atom stereocenters. The molecule has 4 rings (SSSR count). The molecule has 0 unspecified atom stereocenters. The zero-order valence-corrected chi connectivity index (χ0v) is 17.2. The first-order valence-corrected chi connectivity index (χ1v) is 10.6. The topological polar surface area (TPSA) is 43.8 Å². The molecule has 1 amide bonds. The van der Waals surface area contributed by atoms with Gasteiger partial charge in [-0.1, -0.05) is 78.9 Å². The molecule has 1 fully saturated rings. The summed E-state index contributed by atoms with van der Waals surface area (Å²) in [5.41, 5.74) is 4.42. The number of carbonyl (C=O) groups is 1. The zero-order valence-electron chi connectivity index (χ0n) is 17.2. The Labute approximate surface area is 178 Å². The van der Waals surface area contributed by atoms with E-state index in [1.165, 1.54) is 5.56 Å². The molecule has 1 N–H and O–H groups in total. The molecule has 0 bridgehead atoms. The monoisotopic (exact) mass is 400 g/mol. The van der Waals surface area contributed by atoms with Crippen molar-refractivity contribution < 1.29 is 9.90 Å². The third kappa shape index (κ3) is 4.61. The van der Waals surface area contributed by atoms with E-state index in [0.717, 1.165) is 29.8 Å². The molecule has 154 valence electrons. The highest BCUT2D eigenvalue weighted by atomic mass is 16.3. The van der Waals surface area contributed by atoms with Gasteiger partial charge in [-0.05, 0) is 30.0 Å². The van der Waals surface area contributed by atoms with E-state index < -0.39 is 0 Å². The van der Waals surface area contributed by atoms with Crippen molar-refractivity contribution in [2.24, 2.45) is 0 Å². The van der Waals surface area contributed by atoms with E-state index in [4.69, 9.17) is 0 Å². The summed E-state index contributed by atoms with van der Waals surface area (Å²) in [4.78, 5) is 17.4. The summed E-state index contributed by atoms with van der Waals surface area (Å²) in [6, 6.07) is 29.0. The summed E-state index contributed by atoms with van der Waals surface area (Å²) < 4.78 is 0. The number of benzene rings is 3. The number of piperazine rings is 1. The van der Waals surface area contributed by atoms with Gasteiger partial charge in [-0.3, -0.25) is 9.69 Å². The van der Waals surface area contributed by atoms with Gasteiger partial charge in [0.1, 0.15) is 0 Å². The van der Waals surface area contributed by atoms with Gasteiger partial charge >= 0.3 is 0 Å². The van der Waals surface area contributed by atoms with Crippen molar-refractivity contribution in [2.75, 3.05) is 31.1 Å². The quantitative estimate of drug-likeness (QED) is 0.652. The van der Waals surface area contributed by atoms with Crippen LogP contribution < -0.4 is 4.90 Å². The molecule has 1 aliphatic rings. The highest BCUT2D eigenvalue weighted by Gasteiger charge is 2.33. The molecule has 30 heavy (non-hydrogen) atoms. The maximum Gasteiger partial charge on any atom is 0.241 e. The van der Waals surface area contributed by atoms with E-state index in [1.807, 2.05) is 47.4 Å². The van der Waals surface area contributed by atoms with Crippen LogP contribution in [-0.4, -0.2) is 48.2 Å². The number of aliphatic hydroxyl groups is 1. The first kappa shape index (κ1) is 20.3. The summed E-state index contributed by atoms with van der Waals surface area (Å²) in [5.74, 6) is 0.112. The van der Waals surface area contributed by atoms with Crippen molar-refractivity contribution in [1.29, 1.82) is 0 Å². The van der Waals surface area contributed by atoms with E-state index in [0.29, 0.717) is 19.5 Å². The van der Waals surface area contributed by atoms with Gasteiger partial charge in [0.2, 0.25) is 5.91 Å². The van der Waals surface area contributed by atoms with Gasteiger partial charge in [-0.25, -0.2) is 0 Å². The summed E-state index contributed by atoms with van der Waals surface area (Å²) in [7, 11) is 0. The largest absolute Gasteiger partial charge is 0.396 e. The number of amides is 1. The van der Waals surface area contributed by atoms with Crippen molar-refractivity contribution in [3.63, 3.8) is 0 Å². The number of rotatable bonds is 7.